The highest BCUT2D eigenvalue weighted by atomic mass is 32.2. The van der Waals surface area contributed by atoms with Crippen molar-refractivity contribution >= 4 is 11.8 Å². The zero-order chi connectivity index (χ0) is 8.97. The van der Waals surface area contributed by atoms with Crippen LogP contribution in [0.1, 0.15) is 12.5 Å². The summed E-state index contributed by atoms with van der Waals surface area (Å²) in [5, 5.41) is 8.53. The first-order valence-corrected chi connectivity index (χ1v) is 4.58. The Morgan fingerprint density at radius 3 is 2.83 bits per heavy atom. The van der Waals surface area contributed by atoms with Crippen molar-refractivity contribution in [3.05, 3.63) is 29.6 Å². The smallest absolute Gasteiger partial charge is 0.125 e. The van der Waals surface area contributed by atoms with Gasteiger partial charge in [-0.25, -0.2) is 4.39 Å². The van der Waals surface area contributed by atoms with Crippen molar-refractivity contribution in [2.24, 2.45) is 0 Å². The number of hydrogen-bond donors (Lipinski definition) is 0. The summed E-state index contributed by atoms with van der Waals surface area (Å²) >= 11 is 1.53. The Morgan fingerprint density at radius 2 is 2.25 bits per heavy atom. The summed E-state index contributed by atoms with van der Waals surface area (Å²) in [7, 11) is 0. The molecule has 0 atom stereocenters. The first-order chi connectivity index (χ1) is 5.76. The van der Waals surface area contributed by atoms with E-state index >= 15 is 0 Å². The van der Waals surface area contributed by atoms with Crippen LogP contribution in [0, 0.1) is 17.1 Å². The number of rotatable bonds is 2. The summed E-state index contributed by atoms with van der Waals surface area (Å²) in [6, 6.07) is 6.28. The van der Waals surface area contributed by atoms with Crippen molar-refractivity contribution in [2.75, 3.05) is 5.75 Å². The Kier molecular flexibility index (Phi) is 3.12. The van der Waals surface area contributed by atoms with Gasteiger partial charge in [-0.15, -0.1) is 11.8 Å². The van der Waals surface area contributed by atoms with Crippen LogP contribution in [0.15, 0.2) is 23.1 Å². The monoisotopic (exact) mass is 181 g/mol. The average Bonchev–Trinajstić information content (AvgIpc) is 2.04. The van der Waals surface area contributed by atoms with Crippen LogP contribution in [0.5, 0.6) is 0 Å². The molecule has 0 aromatic heterocycles. The molecule has 3 heteroatoms. The minimum Gasteiger partial charge on any atom is -0.207 e. The number of nitrogens with zero attached hydrogens (tertiary/aromatic N) is 1. The fraction of sp³-hybridized carbons (Fsp3) is 0.222. The summed E-state index contributed by atoms with van der Waals surface area (Å²) in [6.45, 7) is 1.99. The summed E-state index contributed by atoms with van der Waals surface area (Å²) in [4.78, 5) is 0.814. The van der Waals surface area contributed by atoms with Crippen LogP contribution in [0.3, 0.4) is 0 Å². The zero-order valence-corrected chi connectivity index (χ0v) is 7.49. The second-order valence-electron chi connectivity index (χ2n) is 2.22. The van der Waals surface area contributed by atoms with Gasteiger partial charge in [0.15, 0.2) is 0 Å². The molecule has 0 saturated heterocycles. The van der Waals surface area contributed by atoms with Gasteiger partial charge >= 0.3 is 0 Å². The van der Waals surface area contributed by atoms with Crippen LogP contribution >= 0.6 is 11.8 Å². The average molecular weight is 181 g/mol. The van der Waals surface area contributed by atoms with Gasteiger partial charge in [-0.1, -0.05) is 6.92 Å². The Morgan fingerprint density at radius 1 is 1.50 bits per heavy atom. The third-order valence-corrected chi connectivity index (χ3v) is 2.17. The standard InChI is InChI=1S/C9H8FNS/c1-2-12-9-4-7(6-11)3-8(10)5-9/h3-5H,2H2,1H3. The van der Waals surface area contributed by atoms with Crippen LogP contribution in [0.2, 0.25) is 0 Å². The van der Waals surface area contributed by atoms with Gasteiger partial charge in [-0.3, -0.25) is 0 Å². The van der Waals surface area contributed by atoms with Gasteiger partial charge < -0.3 is 0 Å². The lowest BCUT2D eigenvalue weighted by atomic mass is 10.2. The van der Waals surface area contributed by atoms with Gasteiger partial charge in [0, 0.05) is 4.90 Å². The van der Waals surface area contributed by atoms with E-state index in [0.717, 1.165) is 10.6 Å². The summed E-state index contributed by atoms with van der Waals surface area (Å²) in [5.74, 6) is 0.541. The van der Waals surface area contributed by atoms with Gasteiger partial charge in [0.05, 0.1) is 11.6 Å². The van der Waals surface area contributed by atoms with Gasteiger partial charge in [0.2, 0.25) is 0 Å². The van der Waals surface area contributed by atoms with Crippen molar-refractivity contribution in [1.29, 1.82) is 5.26 Å². The third kappa shape index (κ3) is 2.24. The lowest BCUT2D eigenvalue weighted by Gasteiger charge is -1.98. The molecule has 0 fully saturated rings. The van der Waals surface area contributed by atoms with Crippen LogP contribution < -0.4 is 0 Å². The molecule has 0 unspecified atom stereocenters. The van der Waals surface area contributed by atoms with E-state index in [2.05, 4.69) is 0 Å². The molecule has 1 aromatic carbocycles. The molecule has 0 amide bonds. The largest absolute Gasteiger partial charge is 0.207 e. The fourth-order valence-electron chi connectivity index (χ4n) is 0.877. The number of nitriles is 1. The molecule has 0 spiro atoms. The summed E-state index contributed by atoms with van der Waals surface area (Å²) in [5.41, 5.74) is 0.381. The van der Waals surface area contributed by atoms with E-state index in [1.54, 1.807) is 6.07 Å². The molecule has 12 heavy (non-hydrogen) atoms. The first kappa shape index (κ1) is 9.08. The van der Waals surface area contributed by atoms with Crippen molar-refractivity contribution in [2.45, 2.75) is 11.8 Å². The van der Waals surface area contributed by atoms with E-state index in [1.165, 1.54) is 23.9 Å². The number of benzene rings is 1. The predicted molar refractivity (Wildman–Crippen MR) is 47.5 cm³/mol. The van der Waals surface area contributed by atoms with Crippen LogP contribution in [0.4, 0.5) is 4.39 Å². The maximum absolute atomic E-state index is 12.8. The van der Waals surface area contributed by atoms with E-state index in [1.807, 2.05) is 13.0 Å². The molecule has 1 rings (SSSR count). The highest BCUT2D eigenvalue weighted by Crippen LogP contribution is 2.19. The molecule has 1 aromatic rings. The minimum atomic E-state index is -0.343. The lowest BCUT2D eigenvalue weighted by molar-refractivity contribution is 0.623. The van der Waals surface area contributed by atoms with Crippen molar-refractivity contribution in [3.63, 3.8) is 0 Å². The van der Waals surface area contributed by atoms with E-state index in [0.29, 0.717) is 5.56 Å². The maximum Gasteiger partial charge on any atom is 0.125 e. The predicted octanol–water partition coefficient (Wildman–Crippen LogP) is 2.81. The topological polar surface area (TPSA) is 23.8 Å². The Labute approximate surface area is 75.2 Å². The van der Waals surface area contributed by atoms with Gasteiger partial charge in [0.25, 0.3) is 0 Å². The summed E-state index contributed by atoms with van der Waals surface area (Å²) in [6.07, 6.45) is 0. The van der Waals surface area contributed by atoms with E-state index < -0.39 is 0 Å². The molecule has 0 aliphatic carbocycles. The molecule has 0 aliphatic rings. The summed E-state index contributed by atoms with van der Waals surface area (Å²) < 4.78 is 12.8. The lowest BCUT2D eigenvalue weighted by Crippen LogP contribution is -1.81. The highest BCUT2D eigenvalue weighted by Gasteiger charge is 1.99. The van der Waals surface area contributed by atoms with Crippen molar-refractivity contribution in [1.82, 2.24) is 0 Å². The molecule has 62 valence electrons. The van der Waals surface area contributed by atoms with Crippen LogP contribution in [0.25, 0.3) is 0 Å². The van der Waals surface area contributed by atoms with Crippen LogP contribution in [-0.2, 0) is 0 Å². The van der Waals surface area contributed by atoms with Crippen molar-refractivity contribution in [3.8, 4) is 6.07 Å². The molecule has 0 aliphatic heterocycles. The van der Waals surface area contributed by atoms with Crippen LogP contribution in [-0.4, -0.2) is 5.75 Å². The van der Waals surface area contributed by atoms with Gasteiger partial charge in [-0.2, -0.15) is 5.26 Å². The second-order valence-corrected chi connectivity index (χ2v) is 3.56. The van der Waals surface area contributed by atoms with E-state index in [9.17, 15) is 4.39 Å². The number of thioether (sulfide) groups is 1. The molecule has 0 saturated carbocycles. The first-order valence-electron chi connectivity index (χ1n) is 3.59. The molecule has 1 nitrogen and oxygen atoms in total. The number of hydrogen-bond acceptors (Lipinski definition) is 2. The quantitative estimate of drug-likeness (QED) is 0.655. The Hall–Kier alpha value is -1.01. The highest BCUT2D eigenvalue weighted by molar-refractivity contribution is 7.99. The van der Waals surface area contributed by atoms with Gasteiger partial charge in [-0.05, 0) is 24.0 Å². The minimum absolute atomic E-state index is 0.343. The second kappa shape index (κ2) is 4.13. The molecule has 0 N–H and O–H groups in total. The van der Waals surface area contributed by atoms with E-state index in [4.69, 9.17) is 5.26 Å². The fourth-order valence-corrected chi connectivity index (χ4v) is 1.62. The van der Waals surface area contributed by atoms with E-state index in [-0.39, 0.29) is 5.82 Å². The molecular formula is C9H8FNS. The normalized spacial score (nSPS) is 9.42. The third-order valence-electron chi connectivity index (χ3n) is 1.31. The maximum atomic E-state index is 12.8. The number of halogens is 1. The van der Waals surface area contributed by atoms with Crippen molar-refractivity contribution < 1.29 is 4.39 Å². The molecule has 0 heterocycles. The Bertz CT molecular complexity index is 317. The molecule has 0 bridgehead atoms. The molecule has 0 radical (unpaired) electrons. The van der Waals surface area contributed by atoms with Gasteiger partial charge in [0.1, 0.15) is 5.82 Å². The Balaban J connectivity index is 3.00. The SMILES string of the molecule is CCSc1cc(F)cc(C#N)c1. The molecular weight excluding hydrogens is 173 g/mol. The zero-order valence-electron chi connectivity index (χ0n) is 6.67.